The van der Waals surface area contributed by atoms with Crippen LogP contribution in [-0.2, 0) is 0 Å². The molecule has 0 radical (unpaired) electrons. The van der Waals surface area contributed by atoms with Crippen LogP contribution in [0.1, 0.15) is 0 Å². The van der Waals surface area contributed by atoms with Gasteiger partial charge >= 0.3 is 0 Å². The lowest BCUT2D eigenvalue weighted by molar-refractivity contribution is 0.487. The van der Waals surface area contributed by atoms with Gasteiger partial charge in [-0.25, -0.2) is 0 Å². The van der Waals surface area contributed by atoms with Crippen LogP contribution in [0, 0.1) is 0 Å². The minimum atomic E-state index is -3.08. The molecule has 0 saturated carbocycles. The molecule has 0 saturated heterocycles. The number of ether oxygens (including phenoxy) is 2. The van der Waals surface area contributed by atoms with Crippen molar-refractivity contribution in [2.24, 2.45) is 0 Å². The molecule has 80 heavy (non-hydrogen) atoms. The fourth-order valence-corrected chi connectivity index (χ4v) is 21.4. The Morgan fingerprint density at radius 3 is 1.15 bits per heavy atom. The van der Waals surface area contributed by atoms with E-state index in [4.69, 9.17) is 9.47 Å². The summed E-state index contributed by atoms with van der Waals surface area (Å²) in [5.74, 6) is 3.65. The summed E-state index contributed by atoms with van der Waals surface area (Å²) in [5.41, 5.74) is 18.0. The predicted molar refractivity (Wildman–Crippen MR) is 335 cm³/mol. The summed E-state index contributed by atoms with van der Waals surface area (Å²) in [7, 11) is -3.08. The van der Waals surface area contributed by atoms with E-state index < -0.39 is 8.07 Å². The Morgan fingerprint density at radius 2 is 0.650 bits per heavy atom. The topological polar surface area (TPSA) is 33.2 Å². The summed E-state index contributed by atoms with van der Waals surface area (Å²) in [6.45, 7) is -0.0528. The molecule has 7 heterocycles. The van der Waals surface area contributed by atoms with E-state index in [1.807, 2.05) is 0 Å². The molecule has 1 unspecified atom stereocenters. The van der Waals surface area contributed by atoms with Gasteiger partial charge in [-0.2, -0.15) is 0 Å². The number of hydrogen-bond donors (Lipinski definition) is 0. The molecule has 4 aliphatic rings. The average molecular weight is 1030 g/mol. The largest absolute Gasteiger partial charge is 0.458 e. The summed E-state index contributed by atoms with van der Waals surface area (Å²) < 4.78 is 22.0. The molecule has 19 rings (SSSR count). The first-order valence-corrected chi connectivity index (χ1v) is 29.8. The second kappa shape index (κ2) is 15.6. The highest BCUT2D eigenvalue weighted by molar-refractivity contribution is 7.31. The Morgan fingerprint density at radius 1 is 0.275 bits per heavy atom. The van der Waals surface area contributed by atoms with E-state index in [1.54, 1.807) is 0 Å². The van der Waals surface area contributed by atoms with E-state index in [1.165, 1.54) is 108 Å². The van der Waals surface area contributed by atoms with Gasteiger partial charge in [0.05, 0.1) is 38.8 Å². The first-order chi connectivity index (χ1) is 39.7. The highest BCUT2D eigenvalue weighted by Crippen LogP contribution is 2.41. The van der Waals surface area contributed by atoms with Gasteiger partial charge in [0, 0.05) is 55.8 Å². The van der Waals surface area contributed by atoms with Crippen LogP contribution in [0.3, 0.4) is 0 Å². The monoisotopic (exact) mass is 1030 g/mol. The molecule has 15 aromatic rings. The second-order valence-electron chi connectivity index (χ2n) is 22.1. The maximum atomic E-state index is 7.43. The summed E-state index contributed by atoms with van der Waals surface area (Å²) in [5, 5.41) is 13.0. The SMILES string of the molecule is c1ccc2c(c1)B1c3ccc(-n4c5ccccc5c5ccccc54)cc3Oc3cccc(c31)[Si]21c2ccccc2B2c3ccc(-n4c5ccccc5c5cccc(-n6c7ccccc7c7ccccc76)c54)cc3Oc3cccc1c32. The normalized spacial score (nSPS) is 15.2. The maximum Gasteiger partial charge on any atom is 0.250 e. The predicted octanol–water partition coefficient (Wildman–Crippen LogP) is 10.2. The number of benzene rings is 12. The second-order valence-corrected chi connectivity index (χ2v) is 25.8. The fraction of sp³-hybridized carbons (Fsp3) is 0. The molecule has 5 nitrogen and oxygen atoms in total. The molecule has 4 aliphatic heterocycles. The highest BCUT2D eigenvalue weighted by Gasteiger charge is 2.58. The molecule has 3 aromatic heterocycles. The van der Waals surface area contributed by atoms with Crippen molar-refractivity contribution in [1.29, 1.82) is 0 Å². The van der Waals surface area contributed by atoms with Gasteiger partial charge in [-0.05, 0) is 103 Å². The van der Waals surface area contributed by atoms with Crippen LogP contribution in [0.15, 0.2) is 261 Å². The third-order valence-corrected chi connectivity index (χ3v) is 23.5. The number of aromatic nitrogens is 3. The molecule has 1 spiro atoms. The van der Waals surface area contributed by atoms with E-state index in [-0.39, 0.29) is 13.4 Å². The van der Waals surface area contributed by atoms with Gasteiger partial charge in [0.2, 0.25) is 0 Å². The van der Waals surface area contributed by atoms with E-state index in [0.717, 1.165) is 51.1 Å². The smallest absolute Gasteiger partial charge is 0.250 e. The lowest BCUT2D eigenvalue weighted by atomic mass is 9.35. The highest BCUT2D eigenvalue weighted by atomic mass is 28.3. The zero-order chi connectivity index (χ0) is 51.9. The first-order valence-electron chi connectivity index (χ1n) is 27.8. The summed E-state index contributed by atoms with van der Waals surface area (Å²) in [6.07, 6.45) is 0. The Labute approximate surface area is 461 Å². The van der Waals surface area contributed by atoms with E-state index in [9.17, 15) is 0 Å². The Hall–Kier alpha value is -10.0. The van der Waals surface area contributed by atoms with Gasteiger partial charge in [0.15, 0.2) is 8.07 Å². The zero-order valence-electron chi connectivity index (χ0n) is 43.1. The van der Waals surface area contributed by atoms with E-state index in [2.05, 4.69) is 275 Å². The first kappa shape index (κ1) is 43.0. The van der Waals surface area contributed by atoms with Crippen LogP contribution in [0.25, 0.3) is 82.5 Å². The van der Waals surface area contributed by atoms with Crippen LogP contribution in [0.4, 0.5) is 0 Å². The van der Waals surface area contributed by atoms with E-state index in [0.29, 0.717) is 0 Å². The minimum Gasteiger partial charge on any atom is -0.458 e. The van der Waals surface area contributed by atoms with Crippen molar-refractivity contribution >= 4 is 140 Å². The van der Waals surface area contributed by atoms with Crippen LogP contribution in [0.5, 0.6) is 23.0 Å². The molecule has 368 valence electrons. The molecular weight excluding hydrogens is 989 g/mol. The fourth-order valence-electron chi connectivity index (χ4n) is 15.6. The molecule has 0 bridgehead atoms. The Kier molecular flexibility index (Phi) is 8.39. The Bertz CT molecular complexity index is 5160. The number of hydrogen-bond acceptors (Lipinski definition) is 2. The quantitative estimate of drug-likeness (QED) is 0.165. The van der Waals surface area contributed by atoms with Gasteiger partial charge < -0.3 is 23.2 Å². The van der Waals surface area contributed by atoms with Gasteiger partial charge in [0.1, 0.15) is 23.0 Å². The van der Waals surface area contributed by atoms with Gasteiger partial charge in [-0.3, -0.25) is 0 Å². The lowest BCUT2D eigenvalue weighted by Crippen LogP contribution is -2.93. The van der Waals surface area contributed by atoms with Crippen molar-refractivity contribution < 1.29 is 9.47 Å². The molecule has 8 heteroatoms. The minimum absolute atomic E-state index is 0.0115. The van der Waals surface area contributed by atoms with Crippen LogP contribution in [-0.4, -0.2) is 35.2 Å². The molecule has 0 N–H and O–H groups in total. The molecule has 0 fully saturated rings. The summed E-state index contributed by atoms with van der Waals surface area (Å²) in [6, 6.07) is 97.1. The standard InChI is InChI=1S/C72H43B2N3O2Si/c1-8-26-56-46(18-1)47-19-2-9-27-57(47)75(56)44-38-40-52-64(42-44)78-62-32-16-36-68-70(62)73(52)54-24-6-13-34-66(54)80(68)67-35-14-7-25-55(67)74-53-41-39-45(43-65(53)79-63-33-17-37-69(80)71(63)74)76-58-28-10-5-22-50(58)51-23-15-31-61(72(51)76)77-59-29-11-3-20-48(59)49-21-4-12-30-60(49)77/h1-43H. The van der Waals surface area contributed by atoms with Crippen molar-refractivity contribution in [3.63, 3.8) is 0 Å². The molecular formula is C72H43B2N3O2Si. The number of fused-ring (bicyclic) bond motifs is 21. The Balaban J connectivity index is 0.795. The third kappa shape index (κ3) is 5.34. The van der Waals surface area contributed by atoms with Crippen molar-refractivity contribution in [2.75, 3.05) is 0 Å². The van der Waals surface area contributed by atoms with Crippen LogP contribution < -0.4 is 63.0 Å². The van der Waals surface area contributed by atoms with Crippen LogP contribution >= 0.6 is 0 Å². The van der Waals surface area contributed by atoms with Crippen molar-refractivity contribution in [1.82, 2.24) is 13.7 Å². The van der Waals surface area contributed by atoms with Crippen molar-refractivity contribution in [3.05, 3.63) is 261 Å². The van der Waals surface area contributed by atoms with Crippen LogP contribution in [0.2, 0.25) is 0 Å². The molecule has 1 atom stereocenters. The van der Waals surface area contributed by atoms with Crippen molar-refractivity contribution in [2.45, 2.75) is 0 Å². The lowest BCUT2D eigenvalue weighted by Gasteiger charge is -2.49. The number of rotatable bonds is 3. The van der Waals surface area contributed by atoms with Gasteiger partial charge in [-0.1, -0.05) is 199 Å². The van der Waals surface area contributed by atoms with Gasteiger partial charge in [-0.15, -0.1) is 0 Å². The molecule has 0 amide bonds. The third-order valence-electron chi connectivity index (χ3n) is 18.5. The summed E-state index contributed by atoms with van der Waals surface area (Å²) in [4.78, 5) is 0. The molecule has 0 aliphatic carbocycles. The molecule has 12 aromatic carbocycles. The van der Waals surface area contributed by atoms with Crippen molar-refractivity contribution in [3.8, 4) is 40.1 Å². The maximum absolute atomic E-state index is 7.43. The average Bonchev–Trinajstić information content (AvgIpc) is 3.26. The van der Waals surface area contributed by atoms with Gasteiger partial charge in [0.25, 0.3) is 13.4 Å². The summed E-state index contributed by atoms with van der Waals surface area (Å²) >= 11 is 0. The van der Waals surface area contributed by atoms with E-state index >= 15 is 0 Å². The number of nitrogens with zero attached hydrogens (tertiary/aromatic N) is 3. The number of para-hydroxylation sites is 6. The zero-order valence-corrected chi connectivity index (χ0v) is 44.1.